The van der Waals surface area contributed by atoms with Gasteiger partial charge in [0.25, 0.3) is 0 Å². The van der Waals surface area contributed by atoms with Gasteiger partial charge in [0.2, 0.25) is 5.91 Å². The molecule has 1 atom stereocenters. The summed E-state index contributed by atoms with van der Waals surface area (Å²) in [4.78, 5) is 14.4. The Kier molecular flexibility index (Phi) is 5.92. The van der Waals surface area contributed by atoms with Crippen molar-refractivity contribution in [2.45, 2.75) is 45.7 Å². The van der Waals surface area contributed by atoms with E-state index in [1.165, 1.54) is 0 Å². The third-order valence-corrected chi connectivity index (χ3v) is 3.71. The summed E-state index contributed by atoms with van der Waals surface area (Å²) in [7, 11) is 1.91. The van der Waals surface area contributed by atoms with Gasteiger partial charge in [-0.05, 0) is 53.8 Å². The minimum atomic E-state index is 0.217. The second-order valence-corrected chi connectivity index (χ2v) is 5.34. The van der Waals surface area contributed by atoms with Crippen LogP contribution in [0.2, 0.25) is 0 Å². The molecule has 1 aliphatic rings. The van der Waals surface area contributed by atoms with Crippen LogP contribution in [0.5, 0.6) is 0 Å². The zero-order valence-electron chi connectivity index (χ0n) is 11.6. The number of piperidine rings is 1. The Labute approximate surface area is 105 Å². The summed E-state index contributed by atoms with van der Waals surface area (Å²) >= 11 is 0. The molecule has 1 fully saturated rings. The summed E-state index contributed by atoms with van der Waals surface area (Å²) in [5.41, 5.74) is 0. The Morgan fingerprint density at radius 2 is 1.88 bits per heavy atom. The van der Waals surface area contributed by atoms with E-state index in [1.54, 1.807) is 0 Å². The van der Waals surface area contributed by atoms with Crippen molar-refractivity contribution in [2.75, 3.05) is 26.7 Å². The quantitative estimate of drug-likeness (QED) is 0.749. The molecular weight excluding hydrogens is 214 g/mol. The molecule has 1 heterocycles. The normalized spacial score (nSPS) is 20.5. The van der Waals surface area contributed by atoms with Gasteiger partial charge < -0.3 is 15.5 Å². The van der Waals surface area contributed by atoms with Gasteiger partial charge >= 0.3 is 0 Å². The lowest BCUT2D eigenvalue weighted by atomic mass is 9.95. The number of hydrogen-bond acceptors (Lipinski definition) is 3. The van der Waals surface area contributed by atoms with Gasteiger partial charge in [-0.15, -0.1) is 0 Å². The lowest BCUT2D eigenvalue weighted by molar-refractivity contribution is -0.126. The Balaban J connectivity index is 2.26. The molecule has 0 saturated carbocycles. The van der Waals surface area contributed by atoms with Gasteiger partial charge in [0.05, 0.1) is 0 Å². The van der Waals surface area contributed by atoms with Crippen LogP contribution in [0.3, 0.4) is 0 Å². The maximum atomic E-state index is 11.9. The van der Waals surface area contributed by atoms with E-state index in [9.17, 15) is 4.79 Å². The molecule has 0 aliphatic carbocycles. The maximum Gasteiger partial charge on any atom is 0.223 e. The highest BCUT2D eigenvalue weighted by molar-refractivity contribution is 5.78. The number of likely N-dealkylation sites (N-methyl/N-ethyl adjacent to an activating group) is 1. The highest BCUT2D eigenvalue weighted by Crippen LogP contribution is 2.18. The fraction of sp³-hybridized carbons (Fsp3) is 0.923. The number of rotatable bonds is 5. The molecule has 0 aromatic carbocycles. The van der Waals surface area contributed by atoms with E-state index in [4.69, 9.17) is 0 Å². The summed E-state index contributed by atoms with van der Waals surface area (Å²) in [6.45, 7) is 9.33. The fourth-order valence-corrected chi connectivity index (χ4v) is 2.18. The van der Waals surface area contributed by atoms with Crippen molar-refractivity contribution in [1.82, 2.24) is 15.5 Å². The van der Waals surface area contributed by atoms with Crippen LogP contribution in [0, 0.1) is 5.92 Å². The second kappa shape index (κ2) is 6.97. The molecule has 100 valence electrons. The summed E-state index contributed by atoms with van der Waals surface area (Å²) in [6.07, 6.45) is 2.00. The van der Waals surface area contributed by atoms with Crippen LogP contribution in [0.1, 0.15) is 33.6 Å². The largest absolute Gasteiger partial charge is 0.354 e. The van der Waals surface area contributed by atoms with Gasteiger partial charge in [-0.1, -0.05) is 0 Å². The average Bonchev–Trinajstić information content (AvgIpc) is 2.35. The zero-order valence-corrected chi connectivity index (χ0v) is 11.6. The highest BCUT2D eigenvalue weighted by atomic mass is 16.1. The Bertz CT molecular complexity index is 235. The van der Waals surface area contributed by atoms with Crippen LogP contribution < -0.4 is 10.6 Å². The molecule has 4 nitrogen and oxygen atoms in total. The highest BCUT2D eigenvalue weighted by Gasteiger charge is 2.25. The summed E-state index contributed by atoms with van der Waals surface area (Å²) in [5.74, 6) is 0.449. The smallest absolute Gasteiger partial charge is 0.223 e. The summed E-state index contributed by atoms with van der Waals surface area (Å²) in [5, 5.41) is 6.15. The summed E-state index contributed by atoms with van der Waals surface area (Å²) < 4.78 is 0. The van der Waals surface area contributed by atoms with E-state index in [-0.39, 0.29) is 11.8 Å². The first-order valence-corrected chi connectivity index (χ1v) is 6.73. The van der Waals surface area contributed by atoms with Crippen molar-refractivity contribution in [2.24, 2.45) is 5.92 Å². The third kappa shape index (κ3) is 4.64. The second-order valence-electron chi connectivity index (χ2n) is 5.34. The minimum absolute atomic E-state index is 0.217. The van der Waals surface area contributed by atoms with Gasteiger partial charge in [-0.2, -0.15) is 0 Å². The molecule has 1 amide bonds. The van der Waals surface area contributed by atoms with Crippen molar-refractivity contribution in [3.63, 3.8) is 0 Å². The van der Waals surface area contributed by atoms with Crippen LogP contribution in [0.4, 0.5) is 0 Å². The van der Waals surface area contributed by atoms with Gasteiger partial charge in [-0.25, -0.2) is 0 Å². The molecule has 0 aromatic heterocycles. The van der Waals surface area contributed by atoms with Gasteiger partial charge in [0, 0.05) is 24.5 Å². The molecule has 4 heteroatoms. The van der Waals surface area contributed by atoms with Crippen molar-refractivity contribution in [3.05, 3.63) is 0 Å². The molecule has 1 rings (SSSR count). The molecule has 1 aliphatic heterocycles. The van der Waals surface area contributed by atoms with Gasteiger partial charge in [0.15, 0.2) is 0 Å². The van der Waals surface area contributed by atoms with E-state index in [0.29, 0.717) is 12.1 Å². The Morgan fingerprint density at radius 3 is 2.35 bits per heavy atom. The number of likely N-dealkylation sites (tertiary alicyclic amines) is 1. The molecule has 2 N–H and O–H groups in total. The SMILES string of the molecule is CNC(C)CNC(=O)C1CCN(C(C)C)CC1. The zero-order chi connectivity index (χ0) is 12.8. The van der Waals surface area contributed by atoms with E-state index in [1.807, 2.05) is 7.05 Å². The lowest BCUT2D eigenvalue weighted by Gasteiger charge is -2.34. The van der Waals surface area contributed by atoms with E-state index in [0.717, 1.165) is 32.5 Å². The molecule has 0 spiro atoms. The lowest BCUT2D eigenvalue weighted by Crippen LogP contribution is -2.45. The minimum Gasteiger partial charge on any atom is -0.354 e. The van der Waals surface area contributed by atoms with Crippen molar-refractivity contribution in [3.8, 4) is 0 Å². The van der Waals surface area contributed by atoms with E-state index in [2.05, 4.69) is 36.3 Å². The molecule has 0 radical (unpaired) electrons. The molecule has 0 aromatic rings. The number of nitrogens with one attached hydrogen (secondary N) is 2. The number of carbonyl (C=O) groups is 1. The van der Waals surface area contributed by atoms with Crippen molar-refractivity contribution < 1.29 is 4.79 Å². The summed E-state index contributed by atoms with van der Waals surface area (Å²) in [6, 6.07) is 0.943. The van der Waals surface area contributed by atoms with Gasteiger partial charge in [-0.3, -0.25) is 4.79 Å². The Hall–Kier alpha value is -0.610. The number of carbonyl (C=O) groups excluding carboxylic acids is 1. The topological polar surface area (TPSA) is 44.4 Å². The Morgan fingerprint density at radius 1 is 1.29 bits per heavy atom. The third-order valence-electron chi connectivity index (χ3n) is 3.71. The standard InChI is InChI=1S/C13H27N3O/c1-10(2)16-7-5-12(6-8-16)13(17)15-9-11(3)14-4/h10-12,14H,5-9H2,1-4H3,(H,15,17). The van der Waals surface area contributed by atoms with Crippen LogP contribution in [-0.2, 0) is 4.79 Å². The van der Waals surface area contributed by atoms with Crippen LogP contribution in [0.15, 0.2) is 0 Å². The van der Waals surface area contributed by atoms with Gasteiger partial charge in [0.1, 0.15) is 0 Å². The first-order valence-electron chi connectivity index (χ1n) is 6.73. The molecule has 17 heavy (non-hydrogen) atoms. The predicted octanol–water partition coefficient (Wildman–Crippen LogP) is 0.831. The van der Waals surface area contributed by atoms with Crippen molar-refractivity contribution >= 4 is 5.91 Å². The maximum absolute atomic E-state index is 11.9. The monoisotopic (exact) mass is 241 g/mol. The predicted molar refractivity (Wildman–Crippen MR) is 71.0 cm³/mol. The molecule has 1 saturated heterocycles. The van der Waals surface area contributed by atoms with Crippen LogP contribution >= 0.6 is 0 Å². The molecule has 0 bridgehead atoms. The first-order chi connectivity index (χ1) is 8.04. The number of hydrogen-bond donors (Lipinski definition) is 2. The van der Waals surface area contributed by atoms with E-state index >= 15 is 0 Å². The fourth-order valence-electron chi connectivity index (χ4n) is 2.18. The number of amides is 1. The number of nitrogens with zero attached hydrogens (tertiary/aromatic N) is 1. The molecule has 1 unspecified atom stereocenters. The van der Waals surface area contributed by atoms with Crippen LogP contribution in [0.25, 0.3) is 0 Å². The van der Waals surface area contributed by atoms with Crippen molar-refractivity contribution in [1.29, 1.82) is 0 Å². The average molecular weight is 241 g/mol. The van der Waals surface area contributed by atoms with Crippen LogP contribution in [-0.4, -0.2) is 49.6 Å². The first kappa shape index (κ1) is 14.5. The molecular formula is C13H27N3O. The van der Waals surface area contributed by atoms with E-state index < -0.39 is 0 Å².